The van der Waals surface area contributed by atoms with Crippen LogP contribution in [0.4, 0.5) is 0 Å². The monoisotopic (exact) mass is 278 g/mol. The highest BCUT2D eigenvalue weighted by Crippen LogP contribution is 2.41. The Bertz CT molecular complexity index is 837. The Morgan fingerprint density at radius 2 is 2.05 bits per heavy atom. The summed E-state index contributed by atoms with van der Waals surface area (Å²) in [7, 11) is 1.55. The van der Waals surface area contributed by atoms with Crippen LogP contribution in [0.2, 0.25) is 0 Å². The normalized spacial score (nSPS) is 12.0. The minimum absolute atomic E-state index is 0.136. The second kappa shape index (κ2) is 4.38. The van der Waals surface area contributed by atoms with Gasteiger partial charge in [-0.25, -0.2) is 0 Å². The third kappa shape index (κ3) is 1.72. The minimum atomic E-state index is 0.136. The van der Waals surface area contributed by atoms with Gasteiger partial charge >= 0.3 is 0 Å². The number of benzene rings is 2. The maximum Gasteiger partial charge on any atom is 0.161 e. The largest absolute Gasteiger partial charge is 0.504 e. The predicted molar refractivity (Wildman–Crippen MR) is 80.5 cm³/mol. The van der Waals surface area contributed by atoms with Crippen LogP contribution in [0.5, 0.6) is 11.5 Å². The molecule has 0 amide bonds. The van der Waals surface area contributed by atoms with Crippen molar-refractivity contribution in [2.75, 3.05) is 7.11 Å². The smallest absolute Gasteiger partial charge is 0.161 e. The van der Waals surface area contributed by atoms with Gasteiger partial charge in [0.1, 0.15) is 0 Å². The average molecular weight is 278 g/mol. The molecular weight excluding hydrogens is 264 g/mol. The molecular formula is C17H14N2O2. The molecule has 104 valence electrons. The molecule has 0 aliphatic heterocycles. The van der Waals surface area contributed by atoms with Crippen LogP contribution in [0.1, 0.15) is 11.1 Å². The Balaban J connectivity index is 1.85. The Kier molecular flexibility index (Phi) is 2.51. The van der Waals surface area contributed by atoms with Gasteiger partial charge in [0.05, 0.1) is 18.5 Å². The molecule has 4 heteroatoms. The molecule has 0 saturated carbocycles. The van der Waals surface area contributed by atoms with Crippen molar-refractivity contribution in [2.45, 2.75) is 6.42 Å². The van der Waals surface area contributed by atoms with Crippen LogP contribution in [0.25, 0.3) is 22.5 Å². The number of aromatic hydroxyl groups is 1. The van der Waals surface area contributed by atoms with Crippen LogP contribution < -0.4 is 4.74 Å². The SMILES string of the molecule is COc1cc(-c2n[nH]c3c2Cc2ccccc2-3)ccc1O. The minimum Gasteiger partial charge on any atom is -0.504 e. The fraction of sp³-hybridized carbons (Fsp3) is 0.118. The number of nitrogens with zero attached hydrogens (tertiary/aromatic N) is 1. The highest BCUT2D eigenvalue weighted by Gasteiger charge is 2.24. The number of hydrogen-bond donors (Lipinski definition) is 2. The van der Waals surface area contributed by atoms with E-state index in [0.29, 0.717) is 5.75 Å². The molecule has 21 heavy (non-hydrogen) atoms. The molecule has 3 aromatic rings. The van der Waals surface area contributed by atoms with Crippen LogP contribution in [-0.4, -0.2) is 22.4 Å². The fourth-order valence-electron chi connectivity index (χ4n) is 2.93. The molecule has 1 aromatic heterocycles. The van der Waals surface area contributed by atoms with Gasteiger partial charge in [-0.1, -0.05) is 24.3 Å². The summed E-state index contributed by atoms with van der Waals surface area (Å²) >= 11 is 0. The number of aromatic amines is 1. The molecule has 4 rings (SSSR count). The summed E-state index contributed by atoms with van der Waals surface area (Å²) in [4.78, 5) is 0. The zero-order valence-corrected chi connectivity index (χ0v) is 11.6. The van der Waals surface area contributed by atoms with Crippen LogP contribution in [0, 0.1) is 0 Å². The van der Waals surface area contributed by atoms with Crippen molar-refractivity contribution in [3.05, 3.63) is 53.6 Å². The second-order valence-electron chi connectivity index (χ2n) is 5.15. The standard InChI is InChI=1S/C17H14N2O2/c1-21-15-9-11(6-7-14(15)20)16-13-8-10-4-2-3-5-12(10)17(13)19-18-16/h2-7,9,20H,8H2,1H3,(H,18,19). The topological polar surface area (TPSA) is 58.1 Å². The second-order valence-corrected chi connectivity index (χ2v) is 5.15. The van der Waals surface area contributed by atoms with Gasteiger partial charge < -0.3 is 9.84 Å². The lowest BCUT2D eigenvalue weighted by molar-refractivity contribution is 0.373. The van der Waals surface area contributed by atoms with Gasteiger partial charge in [0, 0.05) is 23.1 Å². The lowest BCUT2D eigenvalue weighted by Gasteiger charge is -2.06. The van der Waals surface area contributed by atoms with Gasteiger partial charge in [-0.2, -0.15) is 5.10 Å². The molecule has 2 aromatic carbocycles. The van der Waals surface area contributed by atoms with E-state index in [-0.39, 0.29) is 5.75 Å². The Hall–Kier alpha value is -2.75. The molecule has 2 N–H and O–H groups in total. The van der Waals surface area contributed by atoms with Crippen LogP contribution in [0.15, 0.2) is 42.5 Å². The van der Waals surface area contributed by atoms with Crippen molar-refractivity contribution in [1.29, 1.82) is 0 Å². The molecule has 0 bridgehead atoms. The van der Waals surface area contributed by atoms with E-state index >= 15 is 0 Å². The number of H-pyrrole nitrogens is 1. The van der Waals surface area contributed by atoms with Gasteiger partial charge in [0.2, 0.25) is 0 Å². The molecule has 0 spiro atoms. The van der Waals surface area contributed by atoms with Gasteiger partial charge in [-0.15, -0.1) is 0 Å². The van der Waals surface area contributed by atoms with E-state index in [1.165, 1.54) is 16.7 Å². The first kappa shape index (κ1) is 12.0. The van der Waals surface area contributed by atoms with Gasteiger partial charge in [0.15, 0.2) is 11.5 Å². The van der Waals surface area contributed by atoms with E-state index in [1.807, 2.05) is 18.2 Å². The van der Waals surface area contributed by atoms with Crippen LogP contribution in [0.3, 0.4) is 0 Å². The Morgan fingerprint density at radius 3 is 2.90 bits per heavy atom. The Morgan fingerprint density at radius 1 is 1.19 bits per heavy atom. The molecule has 0 atom stereocenters. The number of rotatable bonds is 2. The van der Waals surface area contributed by atoms with Crippen molar-refractivity contribution in [1.82, 2.24) is 10.2 Å². The summed E-state index contributed by atoms with van der Waals surface area (Å²) in [6.45, 7) is 0. The number of hydrogen-bond acceptors (Lipinski definition) is 3. The summed E-state index contributed by atoms with van der Waals surface area (Å²) in [5.41, 5.74) is 6.68. The maximum atomic E-state index is 9.71. The summed E-state index contributed by atoms with van der Waals surface area (Å²) in [5, 5.41) is 17.3. The van der Waals surface area contributed by atoms with E-state index in [9.17, 15) is 5.11 Å². The first-order chi connectivity index (χ1) is 10.3. The van der Waals surface area contributed by atoms with Crippen molar-refractivity contribution in [3.63, 3.8) is 0 Å². The number of fused-ring (bicyclic) bond motifs is 3. The lowest BCUT2D eigenvalue weighted by atomic mass is 10.0. The number of phenolic OH excluding ortho intramolecular Hbond substituents is 1. The van der Waals surface area contributed by atoms with E-state index in [0.717, 1.165) is 23.4 Å². The molecule has 0 unspecified atom stereocenters. The summed E-state index contributed by atoms with van der Waals surface area (Å²) < 4.78 is 5.18. The van der Waals surface area contributed by atoms with Crippen molar-refractivity contribution in [2.24, 2.45) is 0 Å². The molecule has 0 saturated heterocycles. The average Bonchev–Trinajstić information content (AvgIpc) is 3.07. The first-order valence-electron chi connectivity index (χ1n) is 6.81. The highest BCUT2D eigenvalue weighted by atomic mass is 16.5. The van der Waals surface area contributed by atoms with Crippen molar-refractivity contribution in [3.8, 4) is 34.0 Å². The third-order valence-corrected chi connectivity index (χ3v) is 3.97. The molecule has 4 nitrogen and oxygen atoms in total. The van der Waals surface area contributed by atoms with Crippen molar-refractivity contribution >= 4 is 0 Å². The van der Waals surface area contributed by atoms with Gasteiger partial charge in [0.25, 0.3) is 0 Å². The zero-order valence-electron chi connectivity index (χ0n) is 11.6. The van der Waals surface area contributed by atoms with E-state index in [1.54, 1.807) is 13.2 Å². The molecule has 1 aliphatic rings. The zero-order chi connectivity index (χ0) is 14.4. The maximum absolute atomic E-state index is 9.71. The molecule has 1 heterocycles. The quantitative estimate of drug-likeness (QED) is 0.591. The number of phenols is 1. The lowest BCUT2D eigenvalue weighted by Crippen LogP contribution is -1.89. The number of nitrogens with one attached hydrogen (secondary N) is 1. The van der Waals surface area contributed by atoms with Crippen LogP contribution >= 0.6 is 0 Å². The highest BCUT2D eigenvalue weighted by molar-refractivity contribution is 5.81. The number of methoxy groups -OCH3 is 1. The van der Waals surface area contributed by atoms with E-state index in [2.05, 4.69) is 28.4 Å². The van der Waals surface area contributed by atoms with Gasteiger partial charge in [-0.05, 0) is 23.8 Å². The van der Waals surface area contributed by atoms with Gasteiger partial charge in [-0.3, -0.25) is 5.10 Å². The summed E-state index contributed by atoms with van der Waals surface area (Å²) in [6, 6.07) is 13.7. The number of ether oxygens (including phenoxy) is 1. The summed E-state index contributed by atoms with van der Waals surface area (Å²) in [6.07, 6.45) is 0.876. The summed E-state index contributed by atoms with van der Waals surface area (Å²) in [5.74, 6) is 0.594. The molecule has 1 aliphatic carbocycles. The third-order valence-electron chi connectivity index (χ3n) is 3.97. The molecule has 0 fully saturated rings. The van der Waals surface area contributed by atoms with Crippen LogP contribution in [-0.2, 0) is 6.42 Å². The van der Waals surface area contributed by atoms with E-state index in [4.69, 9.17) is 4.74 Å². The fourth-order valence-corrected chi connectivity index (χ4v) is 2.93. The predicted octanol–water partition coefficient (Wildman–Crippen LogP) is 3.36. The number of aromatic nitrogens is 2. The van der Waals surface area contributed by atoms with E-state index < -0.39 is 0 Å². The Labute approximate surface area is 122 Å². The first-order valence-corrected chi connectivity index (χ1v) is 6.81. The van der Waals surface area contributed by atoms with Crippen molar-refractivity contribution < 1.29 is 9.84 Å². The molecule has 0 radical (unpaired) electrons.